The summed E-state index contributed by atoms with van der Waals surface area (Å²) in [6.45, 7) is 0.228. The van der Waals surface area contributed by atoms with E-state index in [4.69, 9.17) is 16.3 Å². The SMILES string of the molecule is Oc1cccc(O)c1OCc1cccc(Cl)c1. The van der Waals surface area contributed by atoms with E-state index in [9.17, 15) is 10.2 Å². The minimum atomic E-state index is -0.0907. The van der Waals surface area contributed by atoms with E-state index in [0.717, 1.165) is 5.56 Å². The van der Waals surface area contributed by atoms with Crippen LogP contribution in [0.2, 0.25) is 5.02 Å². The third kappa shape index (κ3) is 2.82. The van der Waals surface area contributed by atoms with E-state index < -0.39 is 0 Å². The van der Waals surface area contributed by atoms with Crippen molar-refractivity contribution in [2.45, 2.75) is 6.61 Å². The van der Waals surface area contributed by atoms with Crippen LogP contribution in [0.15, 0.2) is 42.5 Å². The monoisotopic (exact) mass is 250 g/mol. The van der Waals surface area contributed by atoms with Crippen LogP contribution in [0, 0.1) is 0 Å². The molecule has 88 valence electrons. The van der Waals surface area contributed by atoms with Gasteiger partial charge in [0.1, 0.15) is 6.61 Å². The molecule has 0 saturated heterocycles. The zero-order valence-corrected chi connectivity index (χ0v) is 9.69. The molecular formula is C13H11ClO3. The molecule has 2 aromatic rings. The van der Waals surface area contributed by atoms with E-state index in [-0.39, 0.29) is 23.9 Å². The molecule has 0 bridgehead atoms. The summed E-state index contributed by atoms with van der Waals surface area (Å²) in [6, 6.07) is 11.6. The first kappa shape index (κ1) is 11.6. The van der Waals surface area contributed by atoms with Gasteiger partial charge in [0, 0.05) is 5.02 Å². The largest absolute Gasteiger partial charge is 0.504 e. The van der Waals surface area contributed by atoms with Crippen molar-refractivity contribution in [2.24, 2.45) is 0 Å². The highest BCUT2D eigenvalue weighted by molar-refractivity contribution is 6.30. The zero-order valence-electron chi connectivity index (χ0n) is 8.93. The Bertz CT molecular complexity index is 506. The standard InChI is InChI=1S/C13H11ClO3/c14-10-4-1-3-9(7-10)8-17-13-11(15)5-2-6-12(13)16/h1-7,15-16H,8H2. The summed E-state index contributed by atoms with van der Waals surface area (Å²) in [7, 11) is 0. The van der Waals surface area contributed by atoms with Gasteiger partial charge >= 0.3 is 0 Å². The smallest absolute Gasteiger partial charge is 0.203 e. The van der Waals surface area contributed by atoms with Crippen LogP contribution >= 0.6 is 11.6 Å². The van der Waals surface area contributed by atoms with Crippen molar-refractivity contribution in [2.75, 3.05) is 0 Å². The van der Waals surface area contributed by atoms with Gasteiger partial charge in [0.05, 0.1) is 0 Å². The molecule has 0 heterocycles. The second kappa shape index (κ2) is 4.97. The second-order valence-corrected chi connectivity index (χ2v) is 3.98. The number of phenols is 2. The van der Waals surface area contributed by atoms with Crippen LogP contribution < -0.4 is 4.74 Å². The number of phenolic OH excluding ortho intramolecular Hbond substituents is 2. The number of rotatable bonds is 3. The van der Waals surface area contributed by atoms with E-state index in [2.05, 4.69) is 0 Å². The van der Waals surface area contributed by atoms with Gasteiger partial charge in [0.15, 0.2) is 11.5 Å². The Kier molecular flexibility index (Phi) is 3.40. The first-order chi connectivity index (χ1) is 8.16. The number of hydrogen-bond donors (Lipinski definition) is 2. The highest BCUT2D eigenvalue weighted by atomic mass is 35.5. The van der Waals surface area contributed by atoms with Gasteiger partial charge in [0.25, 0.3) is 0 Å². The average Bonchev–Trinajstić information content (AvgIpc) is 2.28. The molecule has 0 aromatic heterocycles. The van der Waals surface area contributed by atoms with E-state index in [1.54, 1.807) is 12.1 Å². The van der Waals surface area contributed by atoms with E-state index >= 15 is 0 Å². The summed E-state index contributed by atoms with van der Waals surface area (Å²) in [5.74, 6) is -0.105. The number of halogens is 1. The van der Waals surface area contributed by atoms with Crippen molar-refractivity contribution in [3.63, 3.8) is 0 Å². The molecule has 0 spiro atoms. The summed E-state index contributed by atoms with van der Waals surface area (Å²) in [6.07, 6.45) is 0. The molecule has 2 aromatic carbocycles. The topological polar surface area (TPSA) is 49.7 Å². The summed E-state index contributed by atoms with van der Waals surface area (Å²) < 4.78 is 5.35. The lowest BCUT2D eigenvalue weighted by molar-refractivity contribution is 0.273. The molecule has 0 aliphatic rings. The molecule has 2 rings (SSSR count). The normalized spacial score (nSPS) is 10.2. The zero-order chi connectivity index (χ0) is 12.3. The molecular weight excluding hydrogens is 240 g/mol. The van der Waals surface area contributed by atoms with Crippen molar-refractivity contribution < 1.29 is 14.9 Å². The Morgan fingerprint density at radius 2 is 1.65 bits per heavy atom. The maximum Gasteiger partial charge on any atom is 0.203 e. The predicted octanol–water partition coefficient (Wildman–Crippen LogP) is 3.33. The average molecular weight is 251 g/mol. The highest BCUT2D eigenvalue weighted by Crippen LogP contribution is 2.35. The fraction of sp³-hybridized carbons (Fsp3) is 0.0769. The van der Waals surface area contributed by atoms with Gasteiger partial charge in [0.2, 0.25) is 5.75 Å². The predicted molar refractivity (Wildman–Crippen MR) is 65.6 cm³/mol. The first-order valence-electron chi connectivity index (χ1n) is 5.05. The molecule has 17 heavy (non-hydrogen) atoms. The number of para-hydroxylation sites is 1. The summed E-state index contributed by atoms with van der Waals surface area (Å²) >= 11 is 5.83. The molecule has 0 saturated carbocycles. The van der Waals surface area contributed by atoms with Crippen LogP contribution in [0.5, 0.6) is 17.2 Å². The Morgan fingerprint density at radius 3 is 2.29 bits per heavy atom. The minimum absolute atomic E-state index is 0.0764. The van der Waals surface area contributed by atoms with Crippen molar-refractivity contribution in [1.82, 2.24) is 0 Å². The van der Waals surface area contributed by atoms with E-state index in [1.165, 1.54) is 18.2 Å². The van der Waals surface area contributed by atoms with Crippen molar-refractivity contribution in [3.8, 4) is 17.2 Å². The maximum absolute atomic E-state index is 9.51. The maximum atomic E-state index is 9.51. The summed E-state index contributed by atoms with van der Waals surface area (Å²) in [4.78, 5) is 0. The number of ether oxygens (including phenoxy) is 1. The molecule has 0 aliphatic carbocycles. The minimum Gasteiger partial charge on any atom is -0.504 e. The van der Waals surface area contributed by atoms with Gasteiger partial charge < -0.3 is 14.9 Å². The van der Waals surface area contributed by atoms with Crippen molar-refractivity contribution in [1.29, 1.82) is 0 Å². The van der Waals surface area contributed by atoms with Crippen molar-refractivity contribution in [3.05, 3.63) is 53.1 Å². The lowest BCUT2D eigenvalue weighted by Gasteiger charge is -2.09. The molecule has 0 radical (unpaired) electrons. The number of benzene rings is 2. The van der Waals surface area contributed by atoms with Crippen LogP contribution in [0.1, 0.15) is 5.56 Å². The Balaban J connectivity index is 2.13. The molecule has 0 atom stereocenters. The molecule has 3 nitrogen and oxygen atoms in total. The van der Waals surface area contributed by atoms with Crippen LogP contribution in [-0.2, 0) is 6.61 Å². The van der Waals surface area contributed by atoms with Crippen LogP contribution in [0.4, 0.5) is 0 Å². The number of hydrogen-bond acceptors (Lipinski definition) is 3. The van der Waals surface area contributed by atoms with Gasteiger partial charge in [-0.3, -0.25) is 0 Å². The highest BCUT2D eigenvalue weighted by Gasteiger charge is 2.08. The second-order valence-electron chi connectivity index (χ2n) is 3.54. The van der Waals surface area contributed by atoms with Crippen LogP contribution in [0.25, 0.3) is 0 Å². The summed E-state index contributed by atoms with van der Waals surface area (Å²) in [5, 5.41) is 19.6. The molecule has 2 N–H and O–H groups in total. The molecule has 0 amide bonds. The molecule has 0 fully saturated rings. The lowest BCUT2D eigenvalue weighted by atomic mass is 10.2. The Morgan fingerprint density at radius 1 is 1.00 bits per heavy atom. The lowest BCUT2D eigenvalue weighted by Crippen LogP contribution is -1.95. The van der Waals surface area contributed by atoms with Gasteiger partial charge in [-0.15, -0.1) is 0 Å². The fourth-order valence-corrected chi connectivity index (χ4v) is 1.66. The molecule has 0 unspecified atom stereocenters. The summed E-state index contributed by atoms with van der Waals surface area (Å²) in [5.41, 5.74) is 0.861. The Hall–Kier alpha value is -1.87. The third-order valence-electron chi connectivity index (χ3n) is 2.25. The van der Waals surface area contributed by atoms with Gasteiger partial charge in [-0.2, -0.15) is 0 Å². The molecule has 0 aliphatic heterocycles. The Labute approximate surface area is 104 Å². The van der Waals surface area contributed by atoms with Gasteiger partial charge in [-0.1, -0.05) is 29.8 Å². The van der Waals surface area contributed by atoms with E-state index in [1.807, 2.05) is 12.1 Å². The van der Waals surface area contributed by atoms with E-state index in [0.29, 0.717) is 5.02 Å². The fourth-order valence-electron chi connectivity index (χ4n) is 1.44. The van der Waals surface area contributed by atoms with Crippen LogP contribution in [-0.4, -0.2) is 10.2 Å². The van der Waals surface area contributed by atoms with Gasteiger partial charge in [-0.25, -0.2) is 0 Å². The molecule has 4 heteroatoms. The van der Waals surface area contributed by atoms with Gasteiger partial charge in [-0.05, 0) is 29.8 Å². The third-order valence-corrected chi connectivity index (χ3v) is 2.48. The quantitative estimate of drug-likeness (QED) is 0.879. The van der Waals surface area contributed by atoms with Crippen LogP contribution in [0.3, 0.4) is 0 Å². The first-order valence-corrected chi connectivity index (χ1v) is 5.43. The number of aromatic hydroxyl groups is 2. The van der Waals surface area contributed by atoms with Crippen molar-refractivity contribution >= 4 is 11.6 Å².